The summed E-state index contributed by atoms with van der Waals surface area (Å²) in [5, 5.41) is 18.1. The Bertz CT molecular complexity index is 1350. The van der Waals surface area contributed by atoms with E-state index in [1.54, 1.807) is 0 Å². The highest BCUT2D eigenvalue weighted by Gasteiger charge is 2.10. The monoisotopic (exact) mass is 779 g/mol. The van der Waals surface area contributed by atoms with Crippen LogP contribution in [0.25, 0.3) is 22.3 Å². The van der Waals surface area contributed by atoms with Crippen molar-refractivity contribution in [1.29, 1.82) is 0 Å². The number of unbranched alkanes of at least 4 members (excludes halogenated alkanes) is 14. The molecule has 0 radical (unpaired) electrons. The number of aliphatic hydroxyl groups excluding tert-OH is 2. The van der Waals surface area contributed by atoms with Gasteiger partial charge in [-0.3, -0.25) is 0 Å². The van der Waals surface area contributed by atoms with Gasteiger partial charge in [0.05, 0.1) is 72.7 Å². The molecule has 0 amide bonds. The lowest BCUT2D eigenvalue weighted by atomic mass is 9.95. The molecule has 2 N–H and O–H groups in total. The molecule has 0 aromatic heterocycles. The molecule has 0 saturated heterocycles. The minimum absolute atomic E-state index is 0.0954. The number of aliphatic hydroxyl groups is 2. The van der Waals surface area contributed by atoms with Crippen LogP contribution in [-0.2, 0) is 25.6 Å². The molecule has 1 unspecified atom stereocenters. The van der Waals surface area contributed by atoms with Gasteiger partial charge in [0, 0.05) is 0 Å². The Morgan fingerprint density at radius 2 is 0.875 bits per heavy atom. The van der Waals surface area contributed by atoms with Crippen molar-refractivity contribution in [3.63, 3.8) is 0 Å². The summed E-state index contributed by atoms with van der Waals surface area (Å²) in [7, 11) is 0. The first-order valence-electron chi connectivity index (χ1n) is 21.8. The summed E-state index contributed by atoms with van der Waals surface area (Å²) < 4.78 is 34.8. The van der Waals surface area contributed by atoms with Crippen molar-refractivity contribution in [1.82, 2.24) is 0 Å². The van der Waals surface area contributed by atoms with Gasteiger partial charge in [0.25, 0.3) is 0 Å². The van der Waals surface area contributed by atoms with E-state index in [0.29, 0.717) is 46.2 Å². The first-order chi connectivity index (χ1) is 27.6. The van der Waals surface area contributed by atoms with Crippen LogP contribution in [0.2, 0.25) is 0 Å². The highest BCUT2D eigenvalue weighted by Crippen LogP contribution is 2.32. The number of hydrogen-bond donors (Lipinski definition) is 2. The highest BCUT2D eigenvalue weighted by atomic mass is 16.6. The zero-order chi connectivity index (χ0) is 39.7. The molecule has 0 aliphatic heterocycles. The molecule has 1 atom stereocenters. The van der Waals surface area contributed by atoms with Gasteiger partial charge in [0.1, 0.15) is 17.6 Å². The van der Waals surface area contributed by atoms with Crippen LogP contribution in [0.15, 0.2) is 66.7 Å². The van der Waals surface area contributed by atoms with Crippen LogP contribution < -0.4 is 9.47 Å². The molecule has 314 valence electrons. The predicted octanol–water partition coefficient (Wildman–Crippen LogP) is 11.0. The maximum Gasteiger partial charge on any atom is 0.119 e. The van der Waals surface area contributed by atoms with Crippen molar-refractivity contribution in [2.45, 2.75) is 129 Å². The molecule has 8 nitrogen and oxygen atoms in total. The summed E-state index contributed by atoms with van der Waals surface area (Å²) in [6.45, 7) is 8.86. The van der Waals surface area contributed by atoms with Crippen LogP contribution in [0.5, 0.6) is 11.5 Å². The van der Waals surface area contributed by atoms with Crippen LogP contribution in [0, 0.1) is 0 Å². The Balaban J connectivity index is 1.50. The molecule has 8 heteroatoms. The number of rotatable bonds is 36. The topological polar surface area (TPSA) is 95.8 Å². The van der Waals surface area contributed by atoms with Crippen LogP contribution in [-0.4, -0.2) is 82.4 Å². The second-order valence-corrected chi connectivity index (χ2v) is 14.8. The lowest BCUT2D eigenvalue weighted by molar-refractivity contribution is -0.0272. The maximum absolute atomic E-state index is 9.30. The smallest absolute Gasteiger partial charge is 0.119 e. The number of ether oxygens (including phenoxy) is 6. The zero-order valence-electron chi connectivity index (χ0n) is 34.9. The minimum atomic E-state index is -0.855. The molecule has 3 aromatic carbocycles. The summed E-state index contributed by atoms with van der Waals surface area (Å²) in [5.74, 6) is 1.82. The molecule has 0 bridgehead atoms. The van der Waals surface area contributed by atoms with E-state index in [0.717, 1.165) is 65.4 Å². The number of hydrogen-bond acceptors (Lipinski definition) is 8. The minimum Gasteiger partial charge on any atom is -0.494 e. The quantitative estimate of drug-likeness (QED) is 0.0564. The van der Waals surface area contributed by atoms with Gasteiger partial charge in [-0.2, -0.15) is 0 Å². The Kier molecular flexibility index (Phi) is 27.1. The van der Waals surface area contributed by atoms with E-state index < -0.39 is 6.10 Å². The number of benzene rings is 3. The Morgan fingerprint density at radius 3 is 1.38 bits per heavy atom. The van der Waals surface area contributed by atoms with E-state index in [1.807, 2.05) is 0 Å². The van der Waals surface area contributed by atoms with E-state index in [4.69, 9.17) is 33.5 Å². The zero-order valence-corrected chi connectivity index (χ0v) is 34.9. The average molecular weight is 779 g/mol. The van der Waals surface area contributed by atoms with Gasteiger partial charge >= 0.3 is 0 Å². The van der Waals surface area contributed by atoms with Crippen molar-refractivity contribution in [2.75, 3.05) is 66.1 Å². The third-order valence-electron chi connectivity index (χ3n) is 9.89. The van der Waals surface area contributed by atoms with E-state index in [-0.39, 0.29) is 13.2 Å². The molecular weight excluding hydrogens is 705 g/mol. The van der Waals surface area contributed by atoms with Gasteiger partial charge in [-0.1, -0.05) is 140 Å². The molecule has 0 heterocycles. The lowest BCUT2D eigenvalue weighted by Crippen LogP contribution is -2.21. The molecule has 0 fully saturated rings. The Hall–Kier alpha value is -2.98. The van der Waals surface area contributed by atoms with Crippen molar-refractivity contribution < 1.29 is 38.6 Å². The van der Waals surface area contributed by atoms with Crippen LogP contribution in [0.4, 0.5) is 0 Å². The van der Waals surface area contributed by atoms with Crippen molar-refractivity contribution in [3.8, 4) is 33.8 Å². The second-order valence-electron chi connectivity index (χ2n) is 14.8. The fourth-order valence-electron chi connectivity index (χ4n) is 6.51. The molecule has 3 rings (SSSR count). The Labute approximate surface area is 339 Å². The summed E-state index contributed by atoms with van der Waals surface area (Å²) in [6.07, 6.45) is 19.8. The predicted molar refractivity (Wildman–Crippen MR) is 229 cm³/mol. The highest BCUT2D eigenvalue weighted by molar-refractivity contribution is 5.74. The second kappa shape index (κ2) is 32.0. The van der Waals surface area contributed by atoms with Crippen LogP contribution in [0.1, 0.15) is 122 Å². The molecule has 56 heavy (non-hydrogen) atoms. The first-order valence-corrected chi connectivity index (χ1v) is 21.8. The van der Waals surface area contributed by atoms with Crippen molar-refractivity contribution >= 4 is 0 Å². The third kappa shape index (κ3) is 21.5. The van der Waals surface area contributed by atoms with Gasteiger partial charge in [-0.15, -0.1) is 0 Å². The van der Waals surface area contributed by atoms with Gasteiger partial charge in [-0.05, 0) is 71.0 Å². The summed E-state index contributed by atoms with van der Waals surface area (Å²) >= 11 is 0. The van der Waals surface area contributed by atoms with Gasteiger partial charge in [-0.25, -0.2) is 0 Å². The lowest BCUT2D eigenvalue weighted by Gasteiger charge is -2.15. The molecule has 3 aromatic rings. The SMILES string of the molecule is CCCCCCCCCCOc1ccc(-c2ccc(-c3ccc(OCCCCCCCCCC)cc3)c(COCCOCCOCCOCC(O)CO)c2)cc1. The standard InChI is InChI=1S/C48H74O8/c1-3-5-7-9-11-13-15-17-29-55-46-24-19-41(20-25-46)43-23-28-48(42-21-26-47(27-22-42)56-30-18-16-14-12-10-8-6-4-2)44(37-43)39-53-35-33-51-31-32-52-34-36-54-40-45(50)38-49/h19-28,37,45,49-50H,3-18,29-36,38-40H2,1-2H3. The van der Waals surface area contributed by atoms with Crippen LogP contribution >= 0.6 is 0 Å². The molecule has 0 aliphatic carbocycles. The fraction of sp³-hybridized carbons (Fsp3) is 0.625. The fourth-order valence-corrected chi connectivity index (χ4v) is 6.51. The molecule has 0 saturated carbocycles. The van der Waals surface area contributed by atoms with E-state index in [9.17, 15) is 5.11 Å². The molecule has 0 aliphatic rings. The summed E-state index contributed by atoms with van der Waals surface area (Å²) in [6, 6.07) is 23.5. The summed E-state index contributed by atoms with van der Waals surface area (Å²) in [5.41, 5.74) is 5.65. The average Bonchev–Trinajstić information content (AvgIpc) is 3.23. The van der Waals surface area contributed by atoms with Gasteiger partial charge < -0.3 is 38.6 Å². The largest absolute Gasteiger partial charge is 0.494 e. The Morgan fingerprint density at radius 1 is 0.446 bits per heavy atom. The maximum atomic E-state index is 9.30. The van der Waals surface area contributed by atoms with E-state index in [2.05, 4.69) is 80.6 Å². The van der Waals surface area contributed by atoms with E-state index in [1.165, 1.54) is 89.9 Å². The first kappa shape index (κ1) is 47.4. The van der Waals surface area contributed by atoms with Crippen LogP contribution in [0.3, 0.4) is 0 Å². The van der Waals surface area contributed by atoms with Crippen molar-refractivity contribution in [3.05, 3.63) is 72.3 Å². The molecular formula is C48H74O8. The van der Waals surface area contributed by atoms with Gasteiger partial charge in [0.15, 0.2) is 0 Å². The molecule has 0 spiro atoms. The normalized spacial score (nSPS) is 11.9. The van der Waals surface area contributed by atoms with E-state index >= 15 is 0 Å². The summed E-state index contributed by atoms with van der Waals surface area (Å²) in [4.78, 5) is 0. The third-order valence-corrected chi connectivity index (χ3v) is 9.89. The van der Waals surface area contributed by atoms with Crippen molar-refractivity contribution in [2.24, 2.45) is 0 Å². The van der Waals surface area contributed by atoms with Gasteiger partial charge in [0.2, 0.25) is 0 Å².